The summed E-state index contributed by atoms with van der Waals surface area (Å²) in [6, 6.07) is 15.2. The number of hydrogen-bond donors (Lipinski definition) is 2. The minimum absolute atomic E-state index is 0.215. The predicted molar refractivity (Wildman–Crippen MR) is 84.6 cm³/mol. The van der Waals surface area contributed by atoms with Crippen LogP contribution in [0.25, 0.3) is 10.8 Å². The van der Waals surface area contributed by atoms with E-state index in [4.69, 9.17) is 0 Å². The first-order chi connectivity index (χ1) is 9.24. The van der Waals surface area contributed by atoms with Gasteiger partial charge in [0.2, 0.25) is 0 Å². The van der Waals surface area contributed by atoms with Gasteiger partial charge in [-0.3, -0.25) is 0 Å². The van der Waals surface area contributed by atoms with Crippen molar-refractivity contribution in [2.24, 2.45) is 0 Å². The first kappa shape index (κ1) is 14.4. The third-order valence-electron chi connectivity index (χ3n) is 3.48. The molecule has 2 atom stereocenters. The summed E-state index contributed by atoms with van der Waals surface area (Å²) in [5.74, 6) is 0. The first-order valence-electron chi connectivity index (χ1n) is 6.59. The Hall–Kier alpha value is -1.03. The van der Waals surface area contributed by atoms with Crippen molar-refractivity contribution < 1.29 is 5.11 Å². The zero-order valence-corrected chi connectivity index (χ0v) is 12.3. The van der Waals surface area contributed by atoms with Gasteiger partial charge in [0, 0.05) is 17.8 Å². The Bertz CT molecular complexity index is 525. The van der Waals surface area contributed by atoms with Crippen LogP contribution in [-0.2, 0) is 6.54 Å². The molecule has 2 nitrogen and oxygen atoms in total. The molecule has 0 aliphatic rings. The predicted octanol–water partition coefficient (Wildman–Crippen LogP) is 3.04. The third-order valence-corrected chi connectivity index (χ3v) is 4.65. The van der Waals surface area contributed by atoms with Gasteiger partial charge in [-0.15, -0.1) is 0 Å². The van der Waals surface area contributed by atoms with Gasteiger partial charge < -0.3 is 10.4 Å². The van der Waals surface area contributed by atoms with Crippen molar-refractivity contribution in [3.8, 4) is 0 Å². The molecule has 2 aromatic rings. The maximum Gasteiger partial charge on any atom is 0.0564 e. The summed E-state index contributed by atoms with van der Waals surface area (Å²) in [5.41, 5.74) is 1.28. The largest absolute Gasteiger partial charge is 0.395 e. The van der Waals surface area contributed by atoms with Gasteiger partial charge in [-0.05, 0) is 35.6 Å². The van der Waals surface area contributed by atoms with E-state index in [1.165, 1.54) is 16.3 Å². The van der Waals surface area contributed by atoms with Crippen LogP contribution < -0.4 is 5.32 Å². The lowest BCUT2D eigenvalue weighted by Gasteiger charge is -2.21. The molecule has 19 heavy (non-hydrogen) atoms. The van der Waals surface area contributed by atoms with E-state index in [0.717, 1.165) is 6.54 Å². The Kier molecular flexibility index (Phi) is 5.25. The fourth-order valence-corrected chi connectivity index (χ4v) is 2.85. The van der Waals surface area contributed by atoms with Crippen molar-refractivity contribution in [1.82, 2.24) is 5.32 Å². The molecular formula is C16H21NOS. The summed E-state index contributed by atoms with van der Waals surface area (Å²) < 4.78 is 0. The topological polar surface area (TPSA) is 32.3 Å². The van der Waals surface area contributed by atoms with Gasteiger partial charge in [-0.25, -0.2) is 0 Å². The molecule has 0 aliphatic heterocycles. The Morgan fingerprint density at radius 2 is 1.89 bits per heavy atom. The molecule has 3 heteroatoms. The fraction of sp³-hybridized carbons (Fsp3) is 0.375. The van der Waals surface area contributed by atoms with Gasteiger partial charge in [0.1, 0.15) is 0 Å². The van der Waals surface area contributed by atoms with Crippen molar-refractivity contribution in [1.29, 1.82) is 0 Å². The molecule has 0 aromatic heterocycles. The summed E-state index contributed by atoms with van der Waals surface area (Å²) in [5, 5.41) is 15.6. The van der Waals surface area contributed by atoms with Crippen molar-refractivity contribution in [2.45, 2.75) is 24.8 Å². The van der Waals surface area contributed by atoms with Crippen LogP contribution in [0, 0.1) is 0 Å². The lowest BCUT2D eigenvalue weighted by molar-refractivity contribution is 0.276. The lowest BCUT2D eigenvalue weighted by Crippen LogP contribution is -2.37. The van der Waals surface area contributed by atoms with E-state index in [1.807, 2.05) is 6.26 Å². The van der Waals surface area contributed by atoms with E-state index in [0.29, 0.717) is 6.04 Å². The van der Waals surface area contributed by atoms with Crippen molar-refractivity contribution >= 4 is 22.5 Å². The van der Waals surface area contributed by atoms with Gasteiger partial charge >= 0.3 is 0 Å². The Morgan fingerprint density at radius 1 is 1.16 bits per heavy atom. The van der Waals surface area contributed by atoms with Crippen LogP contribution in [-0.4, -0.2) is 29.3 Å². The number of benzene rings is 2. The summed E-state index contributed by atoms with van der Waals surface area (Å²) in [6.45, 7) is 3.18. The van der Waals surface area contributed by atoms with Crippen LogP contribution in [0.2, 0.25) is 0 Å². The van der Waals surface area contributed by atoms with Gasteiger partial charge in [0.25, 0.3) is 0 Å². The Morgan fingerprint density at radius 3 is 2.58 bits per heavy atom. The van der Waals surface area contributed by atoms with Gasteiger partial charge in [-0.2, -0.15) is 11.8 Å². The minimum Gasteiger partial charge on any atom is -0.395 e. The highest BCUT2D eigenvalue weighted by Crippen LogP contribution is 2.16. The lowest BCUT2D eigenvalue weighted by atomic mass is 10.1. The molecule has 0 saturated carbocycles. The van der Waals surface area contributed by atoms with Crippen LogP contribution in [0.1, 0.15) is 12.5 Å². The number of thioether (sulfide) groups is 1. The molecule has 0 aliphatic carbocycles. The average Bonchev–Trinajstić information content (AvgIpc) is 2.46. The highest BCUT2D eigenvalue weighted by Gasteiger charge is 2.14. The van der Waals surface area contributed by atoms with E-state index in [-0.39, 0.29) is 11.9 Å². The molecule has 0 spiro atoms. The van der Waals surface area contributed by atoms with E-state index >= 15 is 0 Å². The van der Waals surface area contributed by atoms with Crippen LogP contribution in [0.4, 0.5) is 0 Å². The maximum atomic E-state index is 9.27. The average molecular weight is 275 g/mol. The number of fused-ring (bicyclic) bond motifs is 1. The number of hydrogen-bond acceptors (Lipinski definition) is 3. The molecule has 0 heterocycles. The quantitative estimate of drug-likeness (QED) is 0.850. The minimum atomic E-state index is 0.215. The van der Waals surface area contributed by atoms with E-state index < -0.39 is 0 Å². The second-order valence-electron chi connectivity index (χ2n) is 4.81. The standard InChI is InChI=1S/C16H21NOS/c1-12(16(11-18)19-2)17-10-13-7-8-14-5-3-4-6-15(14)9-13/h3-9,12,16-18H,10-11H2,1-2H3. The zero-order chi connectivity index (χ0) is 13.7. The molecular weight excluding hydrogens is 254 g/mol. The van der Waals surface area contributed by atoms with Crippen LogP contribution in [0.15, 0.2) is 42.5 Å². The highest BCUT2D eigenvalue weighted by molar-refractivity contribution is 7.99. The van der Waals surface area contributed by atoms with Gasteiger partial charge in [0.15, 0.2) is 0 Å². The highest BCUT2D eigenvalue weighted by atomic mass is 32.2. The molecule has 102 valence electrons. The second kappa shape index (κ2) is 6.94. The maximum absolute atomic E-state index is 9.27. The van der Waals surface area contributed by atoms with E-state index in [1.54, 1.807) is 11.8 Å². The molecule has 2 unspecified atom stereocenters. The second-order valence-corrected chi connectivity index (χ2v) is 5.88. The van der Waals surface area contributed by atoms with Crippen LogP contribution >= 0.6 is 11.8 Å². The van der Waals surface area contributed by atoms with Crippen LogP contribution in [0.5, 0.6) is 0 Å². The number of aliphatic hydroxyl groups is 1. The third kappa shape index (κ3) is 3.72. The number of rotatable bonds is 6. The molecule has 0 bridgehead atoms. The zero-order valence-electron chi connectivity index (χ0n) is 11.5. The summed E-state index contributed by atoms with van der Waals surface area (Å²) in [6.07, 6.45) is 2.04. The van der Waals surface area contributed by atoms with Crippen molar-refractivity contribution in [3.05, 3.63) is 48.0 Å². The smallest absolute Gasteiger partial charge is 0.0564 e. The molecule has 2 rings (SSSR count). The van der Waals surface area contributed by atoms with Gasteiger partial charge in [0.05, 0.1) is 6.61 Å². The molecule has 0 saturated heterocycles. The monoisotopic (exact) mass is 275 g/mol. The number of nitrogens with one attached hydrogen (secondary N) is 1. The van der Waals surface area contributed by atoms with Crippen LogP contribution in [0.3, 0.4) is 0 Å². The van der Waals surface area contributed by atoms with Gasteiger partial charge in [-0.1, -0.05) is 36.4 Å². The molecule has 0 amide bonds. The molecule has 2 aromatic carbocycles. The van der Waals surface area contributed by atoms with Crippen molar-refractivity contribution in [2.75, 3.05) is 12.9 Å². The Balaban J connectivity index is 2.01. The fourth-order valence-electron chi connectivity index (χ4n) is 2.20. The van der Waals surface area contributed by atoms with E-state index in [2.05, 4.69) is 54.7 Å². The SMILES string of the molecule is CSC(CO)C(C)NCc1ccc2ccccc2c1. The summed E-state index contributed by atoms with van der Waals surface area (Å²) in [7, 11) is 0. The first-order valence-corrected chi connectivity index (χ1v) is 7.88. The molecule has 2 N–H and O–H groups in total. The molecule has 0 radical (unpaired) electrons. The molecule has 0 fully saturated rings. The van der Waals surface area contributed by atoms with Crippen molar-refractivity contribution in [3.63, 3.8) is 0 Å². The number of aliphatic hydroxyl groups excluding tert-OH is 1. The van der Waals surface area contributed by atoms with E-state index in [9.17, 15) is 5.11 Å². The summed E-state index contributed by atoms with van der Waals surface area (Å²) >= 11 is 1.70. The Labute approximate surface area is 119 Å². The normalized spacial score (nSPS) is 14.5. The summed E-state index contributed by atoms with van der Waals surface area (Å²) in [4.78, 5) is 0.